The average Bonchev–Trinajstić information content (AvgIpc) is 2.85. The van der Waals surface area contributed by atoms with Gasteiger partial charge in [0.1, 0.15) is 5.82 Å². The fraction of sp³-hybridized carbons (Fsp3) is 0.353. The summed E-state index contributed by atoms with van der Waals surface area (Å²) >= 11 is 1.59. The van der Waals surface area contributed by atoms with Crippen molar-refractivity contribution in [3.05, 3.63) is 51.0 Å². The highest BCUT2D eigenvalue weighted by Crippen LogP contribution is 2.32. The molecule has 1 heterocycles. The van der Waals surface area contributed by atoms with E-state index in [0.29, 0.717) is 11.6 Å². The van der Waals surface area contributed by atoms with Gasteiger partial charge in [0.05, 0.1) is 4.88 Å². The first-order valence-electron chi connectivity index (χ1n) is 7.22. The summed E-state index contributed by atoms with van der Waals surface area (Å²) in [7, 11) is 0. The number of fused-ring (bicyclic) bond motifs is 1. The van der Waals surface area contributed by atoms with Gasteiger partial charge in [-0.05, 0) is 67.5 Å². The molecule has 0 radical (unpaired) electrons. The summed E-state index contributed by atoms with van der Waals surface area (Å²) < 4.78 is 13.1. The number of hydrogen-bond donors (Lipinski definition) is 1. The number of rotatable bonds is 2. The van der Waals surface area contributed by atoms with E-state index in [1.807, 2.05) is 6.07 Å². The largest absolute Gasteiger partial charge is 0.321 e. The Morgan fingerprint density at radius 2 is 2.19 bits per heavy atom. The smallest absolute Gasteiger partial charge is 0.265 e. The summed E-state index contributed by atoms with van der Waals surface area (Å²) in [4.78, 5) is 14.4. The van der Waals surface area contributed by atoms with Crippen molar-refractivity contribution in [1.29, 1.82) is 0 Å². The van der Waals surface area contributed by atoms with E-state index in [2.05, 4.69) is 12.2 Å². The predicted octanol–water partition coefficient (Wildman–Crippen LogP) is 4.57. The zero-order valence-electron chi connectivity index (χ0n) is 12.2. The number of anilines is 1. The third-order valence-corrected chi connectivity index (χ3v) is 5.23. The molecule has 1 aromatic carbocycles. The number of aryl methyl sites for hydroxylation is 2. The summed E-state index contributed by atoms with van der Waals surface area (Å²) in [6.07, 6.45) is 3.34. The van der Waals surface area contributed by atoms with Crippen molar-refractivity contribution in [2.45, 2.75) is 33.1 Å². The second-order valence-corrected chi connectivity index (χ2v) is 6.96. The first-order chi connectivity index (χ1) is 10.0. The summed E-state index contributed by atoms with van der Waals surface area (Å²) in [5, 5.41) is 2.88. The highest BCUT2D eigenvalue weighted by atomic mass is 32.1. The maximum Gasteiger partial charge on any atom is 0.265 e. The molecule has 1 aliphatic carbocycles. The van der Waals surface area contributed by atoms with Crippen LogP contribution in [0.5, 0.6) is 0 Å². The van der Waals surface area contributed by atoms with Crippen molar-refractivity contribution >= 4 is 22.9 Å². The third kappa shape index (κ3) is 3.00. The van der Waals surface area contributed by atoms with E-state index in [4.69, 9.17) is 0 Å². The van der Waals surface area contributed by atoms with Crippen LogP contribution in [0, 0.1) is 18.7 Å². The Kier molecular flexibility index (Phi) is 3.81. The van der Waals surface area contributed by atoms with Gasteiger partial charge in [0.25, 0.3) is 5.91 Å². The van der Waals surface area contributed by atoms with Crippen LogP contribution in [0.1, 0.15) is 39.0 Å². The number of carbonyl (C=O) groups excluding carboxylic acids is 1. The van der Waals surface area contributed by atoms with Gasteiger partial charge in [0, 0.05) is 10.6 Å². The minimum Gasteiger partial charge on any atom is -0.321 e. The molecule has 3 rings (SSSR count). The van der Waals surface area contributed by atoms with Gasteiger partial charge >= 0.3 is 0 Å². The van der Waals surface area contributed by atoms with Gasteiger partial charge in [0.15, 0.2) is 0 Å². The van der Waals surface area contributed by atoms with Crippen molar-refractivity contribution in [3.8, 4) is 0 Å². The van der Waals surface area contributed by atoms with Crippen LogP contribution >= 0.6 is 11.3 Å². The SMILES string of the molecule is Cc1cc(F)ccc1NC(=O)c1cc2c(s1)CC[C@@H](C)C2. The van der Waals surface area contributed by atoms with E-state index < -0.39 is 0 Å². The van der Waals surface area contributed by atoms with Gasteiger partial charge in [0.2, 0.25) is 0 Å². The second kappa shape index (κ2) is 5.60. The number of benzene rings is 1. The fourth-order valence-electron chi connectivity index (χ4n) is 2.77. The zero-order valence-corrected chi connectivity index (χ0v) is 13.0. The standard InChI is InChI=1S/C17H18FNOS/c1-10-3-6-15-12(7-10)9-16(21-15)17(20)19-14-5-4-13(18)8-11(14)2/h4-5,8-10H,3,6-7H2,1-2H3,(H,19,20)/t10-/m1/s1. The minimum absolute atomic E-state index is 0.100. The first kappa shape index (κ1) is 14.3. The molecule has 0 aliphatic heterocycles. The van der Waals surface area contributed by atoms with Crippen LogP contribution < -0.4 is 5.32 Å². The molecule has 1 atom stereocenters. The summed E-state index contributed by atoms with van der Waals surface area (Å²) in [5.41, 5.74) is 2.72. The summed E-state index contributed by atoms with van der Waals surface area (Å²) in [5.74, 6) is 0.310. The van der Waals surface area contributed by atoms with Gasteiger partial charge in [-0.1, -0.05) is 6.92 Å². The lowest BCUT2D eigenvalue weighted by molar-refractivity contribution is 0.103. The number of nitrogens with one attached hydrogen (secondary N) is 1. The van der Waals surface area contributed by atoms with Crippen LogP contribution in [0.3, 0.4) is 0 Å². The molecule has 4 heteroatoms. The van der Waals surface area contributed by atoms with Crippen LogP contribution in [-0.2, 0) is 12.8 Å². The molecule has 21 heavy (non-hydrogen) atoms. The van der Waals surface area contributed by atoms with Crippen molar-refractivity contribution in [2.75, 3.05) is 5.32 Å². The molecule has 0 unspecified atom stereocenters. The summed E-state index contributed by atoms with van der Waals surface area (Å²) in [6.45, 7) is 4.04. The molecule has 1 amide bonds. The van der Waals surface area contributed by atoms with Crippen LogP contribution in [0.2, 0.25) is 0 Å². The number of amides is 1. The van der Waals surface area contributed by atoms with Crippen LogP contribution in [-0.4, -0.2) is 5.91 Å². The number of thiophene rings is 1. The molecule has 1 N–H and O–H groups in total. The van der Waals surface area contributed by atoms with Crippen molar-refractivity contribution in [2.24, 2.45) is 5.92 Å². The Bertz CT molecular complexity index is 692. The molecule has 1 aliphatic rings. The van der Waals surface area contributed by atoms with E-state index >= 15 is 0 Å². The van der Waals surface area contributed by atoms with Gasteiger partial charge < -0.3 is 5.32 Å². The first-order valence-corrected chi connectivity index (χ1v) is 8.03. The molecular formula is C17H18FNOS. The molecule has 0 saturated heterocycles. The van der Waals surface area contributed by atoms with Gasteiger partial charge in [-0.3, -0.25) is 4.79 Å². The van der Waals surface area contributed by atoms with E-state index in [1.165, 1.54) is 29.0 Å². The number of carbonyl (C=O) groups is 1. The normalized spacial score (nSPS) is 17.4. The van der Waals surface area contributed by atoms with E-state index in [9.17, 15) is 9.18 Å². The third-order valence-electron chi connectivity index (χ3n) is 3.99. The minimum atomic E-state index is -0.286. The monoisotopic (exact) mass is 303 g/mol. The van der Waals surface area contributed by atoms with Crippen molar-refractivity contribution in [1.82, 2.24) is 0 Å². The number of hydrogen-bond acceptors (Lipinski definition) is 2. The Hall–Kier alpha value is -1.68. The molecule has 0 bridgehead atoms. The van der Waals surface area contributed by atoms with Gasteiger partial charge in [-0.2, -0.15) is 0 Å². The Morgan fingerprint density at radius 1 is 1.38 bits per heavy atom. The average molecular weight is 303 g/mol. The lowest BCUT2D eigenvalue weighted by Gasteiger charge is -2.16. The number of halogens is 1. The van der Waals surface area contributed by atoms with E-state index in [1.54, 1.807) is 24.3 Å². The second-order valence-electron chi connectivity index (χ2n) is 5.82. The predicted molar refractivity (Wildman–Crippen MR) is 84.6 cm³/mol. The van der Waals surface area contributed by atoms with Gasteiger partial charge in [-0.15, -0.1) is 11.3 Å². The highest BCUT2D eigenvalue weighted by molar-refractivity contribution is 7.14. The van der Waals surface area contributed by atoms with Crippen LogP contribution in [0.4, 0.5) is 10.1 Å². The van der Waals surface area contributed by atoms with Crippen molar-refractivity contribution in [3.63, 3.8) is 0 Å². The quantitative estimate of drug-likeness (QED) is 0.865. The van der Waals surface area contributed by atoms with E-state index in [0.717, 1.165) is 23.3 Å². The molecule has 0 saturated carbocycles. The highest BCUT2D eigenvalue weighted by Gasteiger charge is 2.20. The zero-order chi connectivity index (χ0) is 15.0. The maximum absolute atomic E-state index is 13.1. The molecule has 0 spiro atoms. The molecule has 0 fully saturated rings. The lowest BCUT2D eigenvalue weighted by Crippen LogP contribution is -2.11. The Labute approximate surface area is 128 Å². The molecule has 1 aromatic heterocycles. The Balaban J connectivity index is 1.79. The van der Waals surface area contributed by atoms with E-state index in [-0.39, 0.29) is 11.7 Å². The van der Waals surface area contributed by atoms with Crippen LogP contribution in [0.25, 0.3) is 0 Å². The Morgan fingerprint density at radius 3 is 2.95 bits per heavy atom. The topological polar surface area (TPSA) is 29.1 Å². The summed E-state index contributed by atoms with van der Waals surface area (Å²) in [6, 6.07) is 6.42. The molecule has 2 nitrogen and oxygen atoms in total. The van der Waals surface area contributed by atoms with Crippen molar-refractivity contribution < 1.29 is 9.18 Å². The van der Waals surface area contributed by atoms with Gasteiger partial charge in [-0.25, -0.2) is 4.39 Å². The molecular weight excluding hydrogens is 285 g/mol. The maximum atomic E-state index is 13.1. The van der Waals surface area contributed by atoms with Crippen LogP contribution in [0.15, 0.2) is 24.3 Å². The molecule has 110 valence electrons. The molecule has 2 aromatic rings. The lowest BCUT2D eigenvalue weighted by atomic mass is 9.90. The fourth-order valence-corrected chi connectivity index (χ4v) is 3.87.